The fourth-order valence-electron chi connectivity index (χ4n) is 1.61. The summed E-state index contributed by atoms with van der Waals surface area (Å²) in [7, 11) is 3.14. The molecular weight excluding hydrogens is 272 g/mol. The van der Waals surface area contributed by atoms with E-state index >= 15 is 0 Å². The summed E-state index contributed by atoms with van der Waals surface area (Å²) >= 11 is 3.41. The molecule has 0 bridgehead atoms. The monoisotopic (exact) mass is 286 g/mol. The van der Waals surface area contributed by atoms with Crippen LogP contribution in [-0.4, -0.2) is 20.0 Å². The van der Waals surface area contributed by atoms with E-state index in [-0.39, 0.29) is 5.78 Å². The molecule has 16 heavy (non-hydrogen) atoms. The molecule has 0 aliphatic rings. The first-order valence-electron chi connectivity index (χ1n) is 5.01. The summed E-state index contributed by atoms with van der Waals surface area (Å²) in [5.74, 6) is 1.24. The summed E-state index contributed by atoms with van der Waals surface area (Å²) in [6.45, 7) is 3.54. The minimum Gasteiger partial charge on any atom is -0.495 e. The van der Waals surface area contributed by atoms with Gasteiger partial charge in [0.25, 0.3) is 0 Å². The zero-order valence-electron chi connectivity index (χ0n) is 9.89. The van der Waals surface area contributed by atoms with Gasteiger partial charge in [0.15, 0.2) is 5.78 Å². The number of hydrogen-bond acceptors (Lipinski definition) is 3. The average Bonchev–Trinajstić information content (AvgIpc) is 2.27. The minimum atomic E-state index is -0.0186. The zero-order chi connectivity index (χ0) is 12.3. The third-order valence-corrected chi connectivity index (χ3v) is 3.14. The molecule has 88 valence electrons. The SMILES string of the molecule is CCc1cc(C(C)=O)c(OC)c(Br)c1OC. The van der Waals surface area contributed by atoms with E-state index in [0.29, 0.717) is 15.8 Å². The first-order valence-corrected chi connectivity index (χ1v) is 5.80. The Balaban J connectivity index is 3.54. The maximum atomic E-state index is 11.5. The van der Waals surface area contributed by atoms with Crippen molar-refractivity contribution < 1.29 is 14.3 Å². The topological polar surface area (TPSA) is 35.5 Å². The Labute approximate surface area is 104 Å². The second kappa shape index (κ2) is 5.34. The molecule has 0 radical (unpaired) electrons. The molecule has 0 saturated heterocycles. The quantitative estimate of drug-likeness (QED) is 0.797. The summed E-state index contributed by atoms with van der Waals surface area (Å²) in [6.07, 6.45) is 0.798. The Morgan fingerprint density at radius 3 is 2.25 bits per heavy atom. The van der Waals surface area contributed by atoms with Gasteiger partial charge in [-0.25, -0.2) is 0 Å². The Bertz CT molecular complexity index is 413. The number of methoxy groups -OCH3 is 2. The van der Waals surface area contributed by atoms with E-state index < -0.39 is 0 Å². The smallest absolute Gasteiger partial charge is 0.163 e. The number of benzene rings is 1. The van der Waals surface area contributed by atoms with Gasteiger partial charge in [0.05, 0.1) is 19.8 Å². The molecule has 3 nitrogen and oxygen atoms in total. The van der Waals surface area contributed by atoms with Crippen LogP contribution in [0.5, 0.6) is 11.5 Å². The van der Waals surface area contributed by atoms with Gasteiger partial charge in [-0.15, -0.1) is 0 Å². The molecule has 0 spiro atoms. The molecule has 0 unspecified atom stereocenters. The average molecular weight is 287 g/mol. The van der Waals surface area contributed by atoms with Crippen LogP contribution in [0, 0.1) is 0 Å². The van der Waals surface area contributed by atoms with Crippen LogP contribution >= 0.6 is 15.9 Å². The van der Waals surface area contributed by atoms with Gasteiger partial charge in [-0.3, -0.25) is 4.79 Å². The second-order valence-electron chi connectivity index (χ2n) is 3.37. The number of carbonyl (C=O) groups is 1. The first kappa shape index (κ1) is 13.0. The normalized spacial score (nSPS) is 10.1. The fraction of sp³-hybridized carbons (Fsp3) is 0.417. The Hall–Kier alpha value is -1.03. The van der Waals surface area contributed by atoms with Gasteiger partial charge in [0.1, 0.15) is 16.0 Å². The summed E-state index contributed by atoms with van der Waals surface area (Å²) in [6, 6.07) is 1.82. The van der Waals surface area contributed by atoms with Gasteiger partial charge in [-0.05, 0) is 40.9 Å². The molecule has 0 aliphatic heterocycles. The molecule has 4 heteroatoms. The van der Waals surface area contributed by atoms with Crippen LogP contribution in [0.3, 0.4) is 0 Å². The molecule has 0 amide bonds. The Morgan fingerprint density at radius 1 is 1.31 bits per heavy atom. The van der Waals surface area contributed by atoms with E-state index in [1.807, 2.05) is 13.0 Å². The molecule has 0 aliphatic carbocycles. The van der Waals surface area contributed by atoms with Gasteiger partial charge in [0, 0.05) is 0 Å². The van der Waals surface area contributed by atoms with Crippen LogP contribution in [0.4, 0.5) is 0 Å². The Morgan fingerprint density at radius 2 is 1.88 bits per heavy atom. The number of ether oxygens (including phenoxy) is 2. The maximum Gasteiger partial charge on any atom is 0.163 e. The molecule has 1 rings (SSSR count). The third-order valence-electron chi connectivity index (χ3n) is 2.42. The van der Waals surface area contributed by atoms with E-state index in [0.717, 1.165) is 17.7 Å². The highest BCUT2D eigenvalue weighted by Crippen LogP contribution is 2.40. The summed E-state index contributed by atoms with van der Waals surface area (Å²) in [5.41, 5.74) is 1.56. The number of aryl methyl sites for hydroxylation is 1. The van der Waals surface area contributed by atoms with Crippen molar-refractivity contribution >= 4 is 21.7 Å². The molecular formula is C12H15BrO3. The lowest BCUT2D eigenvalue weighted by Gasteiger charge is -2.15. The predicted octanol–water partition coefficient (Wildman–Crippen LogP) is 3.23. The zero-order valence-corrected chi connectivity index (χ0v) is 11.5. The van der Waals surface area contributed by atoms with Crippen molar-refractivity contribution in [2.75, 3.05) is 14.2 Å². The van der Waals surface area contributed by atoms with Crippen molar-refractivity contribution in [1.29, 1.82) is 0 Å². The Kier molecular flexibility index (Phi) is 4.35. The molecule has 0 fully saturated rings. The van der Waals surface area contributed by atoms with E-state index in [2.05, 4.69) is 15.9 Å². The van der Waals surface area contributed by atoms with Gasteiger partial charge in [-0.1, -0.05) is 6.92 Å². The summed E-state index contributed by atoms with van der Waals surface area (Å²) in [4.78, 5) is 11.5. The number of halogens is 1. The van der Waals surface area contributed by atoms with Crippen LogP contribution in [0.1, 0.15) is 29.8 Å². The molecule has 0 saturated carbocycles. The van der Waals surface area contributed by atoms with Crippen molar-refractivity contribution in [3.05, 3.63) is 21.7 Å². The molecule has 0 N–H and O–H groups in total. The minimum absolute atomic E-state index is 0.0186. The lowest BCUT2D eigenvalue weighted by Crippen LogP contribution is -2.03. The second-order valence-corrected chi connectivity index (χ2v) is 4.17. The number of ketones is 1. The van der Waals surface area contributed by atoms with E-state index in [1.54, 1.807) is 7.11 Å². The van der Waals surface area contributed by atoms with Crippen LogP contribution < -0.4 is 9.47 Å². The maximum absolute atomic E-state index is 11.5. The van der Waals surface area contributed by atoms with Crippen molar-refractivity contribution in [2.45, 2.75) is 20.3 Å². The van der Waals surface area contributed by atoms with Crippen LogP contribution in [0.2, 0.25) is 0 Å². The molecule has 0 atom stereocenters. The summed E-state index contributed by atoms with van der Waals surface area (Å²) < 4.78 is 11.2. The summed E-state index contributed by atoms with van der Waals surface area (Å²) in [5, 5.41) is 0. The van der Waals surface area contributed by atoms with Gasteiger partial charge < -0.3 is 9.47 Å². The number of hydrogen-bond donors (Lipinski definition) is 0. The van der Waals surface area contributed by atoms with E-state index in [1.165, 1.54) is 14.0 Å². The lowest BCUT2D eigenvalue weighted by atomic mass is 10.0. The highest BCUT2D eigenvalue weighted by atomic mass is 79.9. The number of carbonyl (C=O) groups excluding carboxylic acids is 1. The van der Waals surface area contributed by atoms with Crippen molar-refractivity contribution in [3.8, 4) is 11.5 Å². The first-order chi connectivity index (χ1) is 7.56. The van der Waals surface area contributed by atoms with Gasteiger partial charge in [0.2, 0.25) is 0 Å². The van der Waals surface area contributed by atoms with Gasteiger partial charge >= 0.3 is 0 Å². The van der Waals surface area contributed by atoms with Crippen molar-refractivity contribution in [2.24, 2.45) is 0 Å². The largest absolute Gasteiger partial charge is 0.495 e. The van der Waals surface area contributed by atoms with Gasteiger partial charge in [-0.2, -0.15) is 0 Å². The van der Waals surface area contributed by atoms with Crippen molar-refractivity contribution in [1.82, 2.24) is 0 Å². The number of rotatable bonds is 4. The molecule has 0 aromatic heterocycles. The van der Waals surface area contributed by atoms with Crippen LogP contribution in [0.15, 0.2) is 10.5 Å². The molecule has 0 heterocycles. The number of Topliss-reactive ketones (excluding diaryl/α,β-unsaturated/α-hetero) is 1. The molecule has 1 aromatic carbocycles. The fourth-order valence-corrected chi connectivity index (χ4v) is 2.40. The van der Waals surface area contributed by atoms with Crippen molar-refractivity contribution in [3.63, 3.8) is 0 Å². The van der Waals surface area contributed by atoms with Crippen LogP contribution in [0.25, 0.3) is 0 Å². The van der Waals surface area contributed by atoms with E-state index in [9.17, 15) is 4.79 Å². The van der Waals surface area contributed by atoms with Crippen LogP contribution in [-0.2, 0) is 6.42 Å². The highest BCUT2D eigenvalue weighted by Gasteiger charge is 2.19. The molecule has 1 aromatic rings. The standard InChI is InChI=1S/C12H15BrO3/c1-5-8-6-9(7(2)14)12(16-4)10(13)11(8)15-3/h6H,5H2,1-4H3. The highest BCUT2D eigenvalue weighted by molar-refractivity contribution is 9.10. The van der Waals surface area contributed by atoms with E-state index in [4.69, 9.17) is 9.47 Å². The third kappa shape index (κ3) is 2.21. The lowest BCUT2D eigenvalue weighted by molar-refractivity contribution is 0.101. The predicted molar refractivity (Wildman–Crippen MR) is 66.6 cm³/mol.